The molecule has 0 atom stereocenters. The maximum Gasteiger partial charge on any atom is 0.229 e. The van der Waals surface area contributed by atoms with Crippen LogP contribution in [0, 0.1) is 0 Å². The first-order valence-corrected chi connectivity index (χ1v) is 19.4. The van der Waals surface area contributed by atoms with Crippen LogP contribution in [0.3, 0.4) is 0 Å². The van der Waals surface area contributed by atoms with Crippen LogP contribution in [0.4, 0.5) is 0 Å². The summed E-state index contributed by atoms with van der Waals surface area (Å²) in [5.74, 6) is 2.55. The largest absolute Gasteiger partial charge is 0.434 e. The van der Waals surface area contributed by atoms with Crippen molar-refractivity contribution < 1.29 is 4.42 Å². The normalized spacial score (nSPS) is 11.4. The van der Waals surface area contributed by atoms with E-state index in [1.807, 2.05) is 128 Å². The van der Waals surface area contributed by atoms with E-state index in [1.165, 1.54) is 0 Å². The molecule has 7 aromatic carbocycles. The molecule has 0 saturated heterocycles. The first-order valence-electron chi connectivity index (χ1n) is 19.4. The van der Waals surface area contributed by atoms with Gasteiger partial charge in [0.1, 0.15) is 11.2 Å². The number of hydrogen-bond acceptors (Lipinski definition) is 7. The van der Waals surface area contributed by atoms with Crippen molar-refractivity contribution >= 4 is 33.0 Å². The molecule has 0 fully saturated rings. The lowest BCUT2D eigenvalue weighted by Crippen LogP contribution is -2.00. The van der Waals surface area contributed by atoms with E-state index in [4.69, 9.17) is 34.3 Å². The lowest BCUT2D eigenvalue weighted by molar-refractivity contribution is 0.653. The van der Waals surface area contributed by atoms with E-state index in [2.05, 4.69) is 66.7 Å². The van der Waals surface area contributed by atoms with Gasteiger partial charge in [0.2, 0.25) is 5.71 Å². The number of aromatic nitrogens is 6. The van der Waals surface area contributed by atoms with Gasteiger partial charge in [-0.2, -0.15) is 0 Å². The molecule has 4 heterocycles. The molecule has 0 aliphatic rings. The van der Waals surface area contributed by atoms with Crippen LogP contribution >= 0.6 is 0 Å². The van der Waals surface area contributed by atoms with Gasteiger partial charge in [-0.1, -0.05) is 176 Å². The Bertz CT molecular complexity index is 3240. The highest BCUT2D eigenvalue weighted by atomic mass is 16.3. The van der Waals surface area contributed by atoms with Crippen LogP contribution in [-0.4, -0.2) is 29.9 Å². The lowest BCUT2D eigenvalue weighted by atomic mass is 9.96. The molecule has 0 saturated carbocycles. The second-order valence-electron chi connectivity index (χ2n) is 14.3. The Balaban J connectivity index is 0.948. The van der Waals surface area contributed by atoms with E-state index in [-0.39, 0.29) is 0 Å². The number of fused-ring (bicyclic) bond motifs is 4. The van der Waals surface area contributed by atoms with Crippen molar-refractivity contribution in [1.29, 1.82) is 0 Å². The maximum atomic E-state index is 6.37. The van der Waals surface area contributed by atoms with E-state index >= 15 is 0 Å². The zero-order chi connectivity index (χ0) is 39.1. The van der Waals surface area contributed by atoms with Gasteiger partial charge < -0.3 is 4.42 Å². The summed E-state index contributed by atoms with van der Waals surface area (Å²) in [6.07, 6.45) is 1.86. The Morgan fingerprint density at radius 3 is 1.47 bits per heavy atom. The zero-order valence-corrected chi connectivity index (χ0v) is 31.6. The third-order valence-electron chi connectivity index (χ3n) is 10.6. The predicted molar refractivity (Wildman–Crippen MR) is 236 cm³/mol. The standard InChI is InChI=1S/C52H32N6O/c1-5-14-35(15-6-1)45-47-46(55-48(54-45)36-16-7-2-8-17-36)44-31-41(32-53-52(44)59-47)34-26-24-33(25-27-34)39-28-29-42-40(30-39)22-13-23-43(42)51-57-49(37-18-9-3-10-19-37)56-50(58-51)38-20-11-4-12-21-38/h1-32H. The quantitative estimate of drug-likeness (QED) is 0.160. The second kappa shape index (κ2) is 14.4. The monoisotopic (exact) mass is 756 g/mol. The van der Waals surface area contributed by atoms with Gasteiger partial charge in [0.05, 0.1) is 5.39 Å². The Morgan fingerprint density at radius 1 is 0.339 bits per heavy atom. The summed E-state index contributed by atoms with van der Waals surface area (Å²) in [6, 6.07) is 63.8. The summed E-state index contributed by atoms with van der Waals surface area (Å²) in [6.45, 7) is 0. The number of benzene rings is 7. The summed E-state index contributed by atoms with van der Waals surface area (Å²) in [5.41, 5.74) is 11.6. The fourth-order valence-electron chi connectivity index (χ4n) is 7.64. The topological polar surface area (TPSA) is 90.5 Å². The molecule has 0 bridgehead atoms. The van der Waals surface area contributed by atoms with Crippen molar-refractivity contribution in [2.45, 2.75) is 0 Å². The van der Waals surface area contributed by atoms with Crippen LogP contribution in [0.5, 0.6) is 0 Å². The van der Waals surface area contributed by atoms with Crippen molar-refractivity contribution in [2.75, 3.05) is 0 Å². The Kier molecular flexibility index (Phi) is 8.33. The van der Waals surface area contributed by atoms with Crippen LogP contribution < -0.4 is 0 Å². The molecule has 0 spiro atoms. The van der Waals surface area contributed by atoms with E-state index in [9.17, 15) is 0 Å². The maximum absolute atomic E-state index is 6.37. The first-order chi connectivity index (χ1) is 29.2. The lowest BCUT2D eigenvalue weighted by Gasteiger charge is -2.11. The molecule has 4 aromatic heterocycles. The fraction of sp³-hybridized carbons (Fsp3) is 0. The number of nitrogens with zero attached hydrogens (tertiary/aromatic N) is 6. The van der Waals surface area contributed by atoms with Crippen LogP contribution in [0.1, 0.15) is 0 Å². The molecule has 11 rings (SSSR count). The minimum Gasteiger partial charge on any atom is -0.434 e. The molecule has 0 aliphatic heterocycles. The number of hydrogen-bond donors (Lipinski definition) is 0. The van der Waals surface area contributed by atoms with Gasteiger partial charge in [-0.3, -0.25) is 0 Å². The highest BCUT2D eigenvalue weighted by Crippen LogP contribution is 2.37. The molecule has 59 heavy (non-hydrogen) atoms. The van der Waals surface area contributed by atoms with Gasteiger partial charge in [0, 0.05) is 39.6 Å². The van der Waals surface area contributed by atoms with Crippen molar-refractivity contribution in [2.24, 2.45) is 0 Å². The SMILES string of the molecule is c1ccc(-c2nc(-c3ccccc3)nc(-c3cccc4cc(-c5ccc(-c6cnc7oc8c(-c9ccccc9)nc(-c9ccccc9)nc8c7c6)cc5)ccc34)n2)cc1. The molecule has 0 amide bonds. The van der Waals surface area contributed by atoms with Gasteiger partial charge in [-0.25, -0.2) is 29.9 Å². The first kappa shape index (κ1) is 34.1. The highest BCUT2D eigenvalue weighted by Gasteiger charge is 2.20. The average Bonchev–Trinajstić information content (AvgIpc) is 3.70. The summed E-state index contributed by atoms with van der Waals surface area (Å²) in [7, 11) is 0. The number of furan rings is 1. The minimum absolute atomic E-state index is 0.525. The van der Waals surface area contributed by atoms with Gasteiger partial charge in [0.25, 0.3) is 0 Å². The van der Waals surface area contributed by atoms with Gasteiger partial charge in [-0.15, -0.1) is 0 Å². The van der Waals surface area contributed by atoms with Crippen molar-refractivity contribution in [3.05, 3.63) is 194 Å². The fourth-order valence-corrected chi connectivity index (χ4v) is 7.64. The van der Waals surface area contributed by atoms with Crippen LogP contribution in [0.25, 0.3) is 112 Å². The second-order valence-corrected chi connectivity index (χ2v) is 14.3. The molecule has 0 radical (unpaired) electrons. The molecular weight excluding hydrogens is 725 g/mol. The summed E-state index contributed by atoms with van der Waals surface area (Å²) >= 11 is 0. The summed E-state index contributed by atoms with van der Waals surface area (Å²) in [4.78, 5) is 29.7. The summed E-state index contributed by atoms with van der Waals surface area (Å²) < 4.78 is 6.37. The van der Waals surface area contributed by atoms with Crippen LogP contribution in [-0.2, 0) is 0 Å². The predicted octanol–water partition coefficient (Wildman–Crippen LogP) is 12.8. The van der Waals surface area contributed by atoms with Crippen molar-refractivity contribution in [3.8, 4) is 79.1 Å². The van der Waals surface area contributed by atoms with E-state index in [0.717, 1.165) is 77.4 Å². The molecular formula is C52H32N6O. The third kappa shape index (κ3) is 6.37. The van der Waals surface area contributed by atoms with E-state index in [0.29, 0.717) is 34.6 Å². The van der Waals surface area contributed by atoms with Crippen molar-refractivity contribution in [3.63, 3.8) is 0 Å². The smallest absolute Gasteiger partial charge is 0.229 e. The number of rotatable bonds is 7. The third-order valence-corrected chi connectivity index (χ3v) is 10.6. The molecule has 276 valence electrons. The average molecular weight is 757 g/mol. The zero-order valence-electron chi connectivity index (χ0n) is 31.6. The number of pyridine rings is 1. The van der Waals surface area contributed by atoms with Crippen LogP contribution in [0.2, 0.25) is 0 Å². The van der Waals surface area contributed by atoms with Crippen molar-refractivity contribution in [1.82, 2.24) is 29.9 Å². The van der Waals surface area contributed by atoms with Gasteiger partial charge >= 0.3 is 0 Å². The van der Waals surface area contributed by atoms with E-state index < -0.39 is 0 Å². The molecule has 0 aliphatic carbocycles. The Labute approximate surface area is 339 Å². The molecule has 7 heteroatoms. The molecule has 0 unspecified atom stereocenters. The Hall–Kier alpha value is -8.16. The minimum atomic E-state index is 0.525. The molecule has 7 nitrogen and oxygen atoms in total. The van der Waals surface area contributed by atoms with Crippen LogP contribution in [0.15, 0.2) is 199 Å². The Morgan fingerprint density at radius 2 is 0.864 bits per heavy atom. The molecule has 11 aromatic rings. The molecule has 0 N–H and O–H groups in total. The van der Waals surface area contributed by atoms with E-state index in [1.54, 1.807) is 0 Å². The van der Waals surface area contributed by atoms with Gasteiger partial charge in [0.15, 0.2) is 28.9 Å². The van der Waals surface area contributed by atoms with Gasteiger partial charge in [-0.05, 0) is 39.6 Å². The highest BCUT2D eigenvalue weighted by molar-refractivity contribution is 6.07. The summed E-state index contributed by atoms with van der Waals surface area (Å²) in [5, 5.41) is 3.01.